The van der Waals surface area contributed by atoms with E-state index >= 15 is 0 Å². The van der Waals surface area contributed by atoms with Crippen molar-refractivity contribution < 1.29 is 0 Å². The summed E-state index contributed by atoms with van der Waals surface area (Å²) in [5.41, 5.74) is 8.42. The SMILES string of the molecule is Cc1cc(C)c2nc(-c3c(C)cccc3C)[nH]c2c1. The Labute approximate surface area is 113 Å². The van der Waals surface area contributed by atoms with Crippen LogP contribution in [-0.4, -0.2) is 9.97 Å². The van der Waals surface area contributed by atoms with Crippen molar-refractivity contribution in [2.45, 2.75) is 27.7 Å². The quantitative estimate of drug-likeness (QED) is 0.678. The molecule has 2 nitrogen and oxygen atoms in total. The third kappa shape index (κ3) is 1.93. The molecule has 0 amide bonds. The molecule has 2 heteroatoms. The smallest absolute Gasteiger partial charge is 0.139 e. The Hall–Kier alpha value is -2.09. The van der Waals surface area contributed by atoms with Crippen LogP contribution >= 0.6 is 0 Å². The number of hydrogen-bond donors (Lipinski definition) is 1. The van der Waals surface area contributed by atoms with Crippen molar-refractivity contribution in [2.75, 3.05) is 0 Å². The van der Waals surface area contributed by atoms with Gasteiger partial charge in [-0.25, -0.2) is 4.98 Å². The van der Waals surface area contributed by atoms with E-state index in [-0.39, 0.29) is 0 Å². The highest BCUT2D eigenvalue weighted by Crippen LogP contribution is 2.28. The third-order valence-electron chi connectivity index (χ3n) is 3.64. The number of benzene rings is 2. The summed E-state index contributed by atoms with van der Waals surface area (Å²) in [6.45, 7) is 8.50. The monoisotopic (exact) mass is 250 g/mol. The number of H-pyrrole nitrogens is 1. The zero-order valence-electron chi connectivity index (χ0n) is 11.8. The second-order valence-electron chi connectivity index (χ2n) is 5.33. The number of rotatable bonds is 1. The maximum atomic E-state index is 4.79. The molecule has 0 spiro atoms. The maximum Gasteiger partial charge on any atom is 0.139 e. The van der Waals surface area contributed by atoms with Crippen LogP contribution in [0.15, 0.2) is 30.3 Å². The number of aromatic amines is 1. The Morgan fingerprint density at radius 1 is 0.895 bits per heavy atom. The summed E-state index contributed by atoms with van der Waals surface area (Å²) in [4.78, 5) is 8.25. The minimum atomic E-state index is 0.972. The summed E-state index contributed by atoms with van der Waals surface area (Å²) in [6.07, 6.45) is 0. The van der Waals surface area contributed by atoms with Gasteiger partial charge in [-0.1, -0.05) is 24.3 Å². The lowest BCUT2D eigenvalue weighted by Gasteiger charge is -2.05. The molecule has 3 aromatic rings. The number of fused-ring (bicyclic) bond motifs is 1. The van der Waals surface area contributed by atoms with Gasteiger partial charge in [0.2, 0.25) is 0 Å². The fourth-order valence-corrected chi connectivity index (χ4v) is 2.78. The molecule has 3 rings (SSSR count). The molecule has 1 N–H and O–H groups in total. The minimum Gasteiger partial charge on any atom is -0.338 e. The van der Waals surface area contributed by atoms with E-state index in [1.54, 1.807) is 0 Å². The second kappa shape index (κ2) is 4.23. The number of hydrogen-bond acceptors (Lipinski definition) is 1. The van der Waals surface area contributed by atoms with Crippen LogP contribution in [0, 0.1) is 27.7 Å². The predicted octanol–water partition coefficient (Wildman–Crippen LogP) is 4.46. The average molecular weight is 250 g/mol. The van der Waals surface area contributed by atoms with Gasteiger partial charge in [-0.05, 0) is 56.0 Å². The van der Waals surface area contributed by atoms with E-state index in [1.165, 1.54) is 27.8 Å². The van der Waals surface area contributed by atoms with Gasteiger partial charge in [-0.2, -0.15) is 0 Å². The zero-order chi connectivity index (χ0) is 13.6. The molecule has 0 saturated heterocycles. The van der Waals surface area contributed by atoms with Crippen LogP contribution in [0.25, 0.3) is 22.4 Å². The standard InChI is InChI=1S/C17H18N2/c1-10-8-13(4)16-14(9-10)18-17(19-16)15-11(2)6-5-7-12(15)3/h5-9H,1-4H3,(H,18,19). The van der Waals surface area contributed by atoms with Gasteiger partial charge in [0.25, 0.3) is 0 Å². The van der Waals surface area contributed by atoms with E-state index in [1.807, 2.05) is 0 Å². The predicted molar refractivity (Wildman–Crippen MR) is 80.5 cm³/mol. The van der Waals surface area contributed by atoms with E-state index in [4.69, 9.17) is 4.98 Å². The summed E-state index contributed by atoms with van der Waals surface area (Å²) in [5, 5.41) is 0. The van der Waals surface area contributed by atoms with Crippen LogP contribution < -0.4 is 0 Å². The van der Waals surface area contributed by atoms with Crippen LogP contribution in [0.1, 0.15) is 22.3 Å². The van der Waals surface area contributed by atoms with Gasteiger partial charge in [0, 0.05) is 5.56 Å². The molecule has 0 aliphatic carbocycles. The van der Waals surface area contributed by atoms with E-state index in [0.717, 1.165) is 16.9 Å². The van der Waals surface area contributed by atoms with Crippen molar-refractivity contribution in [1.29, 1.82) is 0 Å². The molecule has 19 heavy (non-hydrogen) atoms. The summed E-state index contributed by atoms with van der Waals surface area (Å²) >= 11 is 0. The number of nitrogens with zero attached hydrogens (tertiary/aromatic N) is 1. The molecule has 0 radical (unpaired) electrons. The van der Waals surface area contributed by atoms with Gasteiger partial charge in [-0.3, -0.25) is 0 Å². The van der Waals surface area contributed by atoms with Crippen molar-refractivity contribution in [3.8, 4) is 11.4 Å². The van der Waals surface area contributed by atoms with Crippen molar-refractivity contribution in [1.82, 2.24) is 9.97 Å². The average Bonchev–Trinajstić information content (AvgIpc) is 2.72. The van der Waals surface area contributed by atoms with Crippen LogP contribution in [0.5, 0.6) is 0 Å². The summed E-state index contributed by atoms with van der Waals surface area (Å²) in [7, 11) is 0. The van der Waals surface area contributed by atoms with Crippen molar-refractivity contribution in [3.63, 3.8) is 0 Å². The summed E-state index contributed by atoms with van der Waals surface area (Å²) < 4.78 is 0. The number of aryl methyl sites for hydroxylation is 4. The Balaban J connectivity index is 2.30. The van der Waals surface area contributed by atoms with Crippen LogP contribution in [0.2, 0.25) is 0 Å². The lowest BCUT2D eigenvalue weighted by atomic mass is 10.0. The first kappa shape index (κ1) is 12.0. The minimum absolute atomic E-state index is 0.972. The molecule has 96 valence electrons. The van der Waals surface area contributed by atoms with E-state index in [9.17, 15) is 0 Å². The highest BCUT2D eigenvalue weighted by Gasteiger charge is 2.11. The van der Waals surface area contributed by atoms with E-state index in [0.29, 0.717) is 0 Å². The fourth-order valence-electron chi connectivity index (χ4n) is 2.78. The van der Waals surface area contributed by atoms with Gasteiger partial charge in [0.1, 0.15) is 5.82 Å². The molecule has 0 aliphatic rings. The van der Waals surface area contributed by atoms with Crippen LogP contribution in [0.3, 0.4) is 0 Å². The molecule has 0 unspecified atom stereocenters. The molecule has 0 saturated carbocycles. The number of aromatic nitrogens is 2. The van der Waals surface area contributed by atoms with Gasteiger partial charge in [0.05, 0.1) is 11.0 Å². The molecule has 0 fully saturated rings. The van der Waals surface area contributed by atoms with E-state index < -0.39 is 0 Å². The molecule has 1 heterocycles. The molecule has 0 aliphatic heterocycles. The van der Waals surface area contributed by atoms with Crippen LogP contribution in [-0.2, 0) is 0 Å². The molecular weight excluding hydrogens is 232 g/mol. The number of nitrogens with one attached hydrogen (secondary N) is 1. The lowest BCUT2D eigenvalue weighted by molar-refractivity contribution is 1.27. The fraction of sp³-hybridized carbons (Fsp3) is 0.235. The van der Waals surface area contributed by atoms with Crippen molar-refractivity contribution in [2.24, 2.45) is 0 Å². The Morgan fingerprint density at radius 3 is 2.26 bits per heavy atom. The Bertz CT molecular complexity index is 746. The van der Waals surface area contributed by atoms with Gasteiger partial charge >= 0.3 is 0 Å². The normalized spacial score (nSPS) is 11.2. The van der Waals surface area contributed by atoms with Crippen molar-refractivity contribution >= 4 is 11.0 Å². The second-order valence-corrected chi connectivity index (χ2v) is 5.33. The largest absolute Gasteiger partial charge is 0.338 e. The van der Waals surface area contributed by atoms with Gasteiger partial charge in [-0.15, -0.1) is 0 Å². The lowest BCUT2D eigenvalue weighted by Crippen LogP contribution is -1.89. The van der Waals surface area contributed by atoms with E-state index in [2.05, 4.69) is 63.0 Å². The third-order valence-corrected chi connectivity index (χ3v) is 3.64. The zero-order valence-corrected chi connectivity index (χ0v) is 11.8. The molecule has 0 bridgehead atoms. The molecular formula is C17H18N2. The first-order valence-corrected chi connectivity index (χ1v) is 6.60. The highest BCUT2D eigenvalue weighted by atomic mass is 14.9. The molecule has 2 aromatic carbocycles. The Morgan fingerprint density at radius 2 is 1.58 bits per heavy atom. The van der Waals surface area contributed by atoms with Gasteiger partial charge in [0.15, 0.2) is 0 Å². The molecule has 1 aromatic heterocycles. The summed E-state index contributed by atoms with van der Waals surface area (Å²) in [6, 6.07) is 10.7. The first-order chi connectivity index (χ1) is 9.06. The van der Waals surface area contributed by atoms with Gasteiger partial charge < -0.3 is 4.98 Å². The Kier molecular flexibility index (Phi) is 2.67. The first-order valence-electron chi connectivity index (χ1n) is 6.60. The number of imidazole rings is 1. The summed E-state index contributed by atoms with van der Waals surface area (Å²) in [5.74, 6) is 0.972. The maximum absolute atomic E-state index is 4.79. The molecule has 0 atom stereocenters. The van der Waals surface area contributed by atoms with Crippen molar-refractivity contribution in [3.05, 3.63) is 52.6 Å². The highest BCUT2D eigenvalue weighted by molar-refractivity contribution is 5.84. The topological polar surface area (TPSA) is 28.7 Å². The van der Waals surface area contributed by atoms with Crippen LogP contribution in [0.4, 0.5) is 0 Å².